The van der Waals surface area contributed by atoms with Gasteiger partial charge in [0.25, 0.3) is 0 Å². The summed E-state index contributed by atoms with van der Waals surface area (Å²) in [6.07, 6.45) is 4.97. The molecule has 2 rings (SSSR count). The Morgan fingerprint density at radius 1 is 1.20 bits per heavy atom. The van der Waals surface area contributed by atoms with Gasteiger partial charge in [0.15, 0.2) is 0 Å². The third-order valence-corrected chi connectivity index (χ3v) is 3.28. The SMILES string of the molecule is O=C(N[C@H]1CCCC[C@@H]1O)C1CCCO1. The molecule has 1 unspecified atom stereocenters. The van der Waals surface area contributed by atoms with E-state index in [1.165, 1.54) is 0 Å². The smallest absolute Gasteiger partial charge is 0.249 e. The van der Waals surface area contributed by atoms with Crippen molar-refractivity contribution in [2.24, 2.45) is 0 Å². The fourth-order valence-electron chi connectivity index (χ4n) is 2.34. The molecule has 1 aliphatic carbocycles. The van der Waals surface area contributed by atoms with Gasteiger partial charge in [-0.25, -0.2) is 0 Å². The van der Waals surface area contributed by atoms with Gasteiger partial charge in [0, 0.05) is 6.61 Å². The zero-order valence-electron chi connectivity index (χ0n) is 8.95. The summed E-state index contributed by atoms with van der Waals surface area (Å²) < 4.78 is 5.30. The number of ether oxygens (including phenoxy) is 1. The molecule has 1 saturated heterocycles. The summed E-state index contributed by atoms with van der Waals surface area (Å²) in [7, 11) is 0. The van der Waals surface area contributed by atoms with Crippen LogP contribution in [0.15, 0.2) is 0 Å². The van der Waals surface area contributed by atoms with Crippen LogP contribution in [0.4, 0.5) is 0 Å². The van der Waals surface area contributed by atoms with E-state index in [1.807, 2.05) is 0 Å². The summed E-state index contributed by atoms with van der Waals surface area (Å²) in [5, 5.41) is 12.6. The molecule has 4 heteroatoms. The van der Waals surface area contributed by atoms with E-state index in [9.17, 15) is 9.90 Å². The lowest BCUT2D eigenvalue weighted by molar-refractivity contribution is -0.132. The van der Waals surface area contributed by atoms with Gasteiger partial charge in [-0.2, -0.15) is 0 Å². The van der Waals surface area contributed by atoms with Crippen molar-refractivity contribution in [1.82, 2.24) is 5.32 Å². The zero-order chi connectivity index (χ0) is 10.7. The number of rotatable bonds is 2. The highest BCUT2D eigenvalue weighted by Crippen LogP contribution is 2.19. The monoisotopic (exact) mass is 213 g/mol. The van der Waals surface area contributed by atoms with Crippen molar-refractivity contribution in [3.63, 3.8) is 0 Å². The van der Waals surface area contributed by atoms with Gasteiger partial charge in [0.1, 0.15) is 6.10 Å². The first-order valence-electron chi connectivity index (χ1n) is 5.87. The first-order chi connectivity index (χ1) is 7.27. The molecule has 1 saturated carbocycles. The maximum atomic E-state index is 11.7. The normalized spacial score (nSPS) is 36.5. The minimum atomic E-state index is -0.371. The fourth-order valence-corrected chi connectivity index (χ4v) is 2.34. The van der Waals surface area contributed by atoms with Crippen molar-refractivity contribution in [1.29, 1.82) is 0 Å². The van der Waals surface area contributed by atoms with Crippen molar-refractivity contribution in [2.75, 3.05) is 6.61 Å². The van der Waals surface area contributed by atoms with Crippen LogP contribution in [0.3, 0.4) is 0 Å². The molecule has 1 heterocycles. The van der Waals surface area contributed by atoms with E-state index in [-0.39, 0.29) is 24.2 Å². The Morgan fingerprint density at radius 2 is 2.00 bits per heavy atom. The lowest BCUT2D eigenvalue weighted by Gasteiger charge is -2.29. The highest BCUT2D eigenvalue weighted by atomic mass is 16.5. The van der Waals surface area contributed by atoms with Gasteiger partial charge in [0.05, 0.1) is 12.1 Å². The number of carbonyl (C=O) groups excluding carboxylic acids is 1. The van der Waals surface area contributed by atoms with Crippen LogP contribution in [0.25, 0.3) is 0 Å². The van der Waals surface area contributed by atoms with E-state index in [0.717, 1.165) is 38.5 Å². The maximum Gasteiger partial charge on any atom is 0.249 e. The molecule has 0 bridgehead atoms. The Labute approximate surface area is 90.0 Å². The van der Waals surface area contributed by atoms with E-state index in [4.69, 9.17) is 4.74 Å². The Kier molecular flexibility index (Phi) is 3.59. The van der Waals surface area contributed by atoms with Gasteiger partial charge in [-0.3, -0.25) is 4.79 Å². The first kappa shape index (κ1) is 10.9. The molecule has 2 aliphatic rings. The Balaban J connectivity index is 1.81. The van der Waals surface area contributed by atoms with Gasteiger partial charge in [-0.15, -0.1) is 0 Å². The lowest BCUT2D eigenvalue weighted by Crippen LogP contribution is -2.48. The summed E-state index contributed by atoms with van der Waals surface area (Å²) in [5.41, 5.74) is 0. The average molecular weight is 213 g/mol. The summed E-state index contributed by atoms with van der Waals surface area (Å²) in [5.74, 6) is -0.0431. The van der Waals surface area contributed by atoms with E-state index in [0.29, 0.717) is 6.61 Å². The van der Waals surface area contributed by atoms with Crippen LogP contribution in [0.2, 0.25) is 0 Å². The number of aliphatic hydroxyl groups is 1. The van der Waals surface area contributed by atoms with Crippen LogP contribution in [0, 0.1) is 0 Å². The minimum absolute atomic E-state index is 0.0431. The molecule has 1 aliphatic heterocycles. The second-order valence-corrected chi connectivity index (χ2v) is 4.47. The standard InChI is InChI=1S/C11H19NO3/c13-9-5-2-1-4-8(9)12-11(14)10-6-3-7-15-10/h8-10,13H,1-7H2,(H,12,14)/t8-,9-,10?/m0/s1. The Morgan fingerprint density at radius 3 is 2.67 bits per heavy atom. The van der Waals surface area contributed by atoms with Crippen LogP contribution in [-0.2, 0) is 9.53 Å². The summed E-state index contributed by atoms with van der Waals surface area (Å²) in [6.45, 7) is 0.686. The second kappa shape index (κ2) is 4.94. The molecule has 1 amide bonds. The number of aliphatic hydroxyl groups excluding tert-OH is 1. The van der Waals surface area contributed by atoms with E-state index < -0.39 is 0 Å². The van der Waals surface area contributed by atoms with Gasteiger partial charge in [-0.1, -0.05) is 12.8 Å². The quantitative estimate of drug-likeness (QED) is 0.705. The van der Waals surface area contributed by atoms with Crippen molar-refractivity contribution in [3.8, 4) is 0 Å². The van der Waals surface area contributed by atoms with Gasteiger partial charge in [0.2, 0.25) is 5.91 Å². The molecule has 3 atom stereocenters. The molecule has 15 heavy (non-hydrogen) atoms. The molecular weight excluding hydrogens is 194 g/mol. The molecule has 2 fully saturated rings. The first-order valence-corrected chi connectivity index (χ1v) is 5.87. The molecule has 0 spiro atoms. The van der Waals surface area contributed by atoms with Crippen molar-refractivity contribution < 1.29 is 14.6 Å². The van der Waals surface area contributed by atoms with E-state index in [1.54, 1.807) is 0 Å². The average Bonchev–Trinajstić information content (AvgIpc) is 2.74. The summed E-state index contributed by atoms with van der Waals surface area (Å²) >= 11 is 0. The molecule has 4 nitrogen and oxygen atoms in total. The number of carbonyl (C=O) groups is 1. The highest BCUT2D eigenvalue weighted by Gasteiger charge is 2.29. The molecule has 0 aromatic rings. The Hall–Kier alpha value is -0.610. The van der Waals surface area contributed by atoms with E-state index >= 15 is 0 Å². The lowest BCUT2D eigenvalue weighted by atomic mass is 9.92. The third-order valence-electron chi connectivity index (χ3n) is 3.28. The second-order valence-electron chi connectivity index (χ2n) is 4.47. The fraction of sp³-hybridized carbons (Fsp3) is 0.909. The minimum Gasteiger partial charge on any atom is -0.391 e. The van der Waals surface area contributed by atoms with Crippen molar-refractivity contribution in [3.05, 3.63) is 0 Å². The van der Waals surface area contributed by atoms with Crippen molar-refractivity contribution >= 4 is 5.91 Å². The van der Waals surface area contributed by atoms with Gasteiger partial charge < -0.3 is 15.2 Å². The van der Waals surface area contributed by atoms with Gasteiger partial charge in [-0.05, 0) is 25.7 Å². The summed E-state index contributed by atoms with van der Waals surface area (Å²) in [4.78, 5) is 11.7. The van der Waals surface area contributed by atoms with Crippen LogP contribution >= 0.6 is 0 Å². The topological polar surface area (TPSA) is 58.6 Å². The highest BCUT2D eigenvalue weighted by molar-refractivity contribution is 5.81. The third kappa shape index (κ3) is 2.69. The predicted molar refractivity (Wildman–Crippen MR) is 55.4 cm³/mol. The number of hydrogen-bond acceptors (Lipinski definition) is 3. The van der Waals surface area contributed by atoms with Crippen LogP contribution in [-0.4, -0.2) is 35.9 Å². The molecular formula is C11H19NO3. The van der Waals surface area contributed by atoms with Crippen LogP contribution < -0.4 is 5.32 Å². The zero-order valence-corrected chi connectivity index (χ0v) is 8.95. The largest absolute Gasteiger partial charge is 0.391 e. The number of nitrogens with one attached hydrogen (secondary N) is 1. The van der Waals surface area contributed by atoms with E-state index in [2.05, 4.69) is 5.32 Å². The molecule has 0 aromatic carbocycles. The Bertz CT molecular complexity index is 226. The number of amides is 1. The maximum absolute atomic E-state index is 11.7. The van der Waals surface area contributed by atoms with Gasteiger partial charge >= 0.3 is 0 Å². The summed E-state index contributed by atoms with van der Waals surface area (Å²) in [6, 6.07) is -0.0598. The van der Waals surface area contributed by atoms with Crippen LogP contribution in [0.5, 0.6) is 0 Å². The molecule has 0 radical (unpaired) electrons. The van der Waals surface area contributed by atoms with Crippen molar-refractivity contribution in [2.45, 2.75) is 56.8 Å². The molecule has 2 N–H and O–H groups in total. The predicted octanol–water partition coefficient (Wildman–Crippen LogP) is 0.585. The molecule has 0 aromatic heterocycles. The number of hydrogen-bond donors (Lipinski definition) is 2. The van der Waals surface area contributed by atoms with Crippen LogP contribution in [0.1, 0.15) is 38.5 Å². The molecule has 86 valence electrons.